The lowest BCUT2D eigenvalue weighted by atomic mass is 10.2. The van der Waals surface area contributed by atoms with Crippen molar-refractivity contribution in [2.45, 2.75) is 54.6 Å². The van der Waals surface area contributed by atoms with Crippen molar-refractivity contribution in [2.75, 3.05) is 18.4 Å². The summed E-state index contributed by atoms with van der Waals surface area (Å²) in [6, 6.07) is 14.0. The largest absolute Gasteiger partial charge is 0.322 e. The Morgan fingerprint density at radius 2 is 1.59 bits per heavy atom. The number of nitrogens with zero attached hydrogens (tertiary/aromatic N) is 1. The summed E-state index contributed by atoms with van der Waals surface area (Å²) in [5, 5.41) is 3.25. The maximum Gasteiger partial charge on any atom is 0.256 e. The van der Waals surface area contributed by atoms with Crippen LogP contribution in [0.15, 0.2) is 58.3 Å². The second-order valence-electron chi connectivity index (χ2n) is 7.46. The monoisotopic (exact) mass is 432 g/mol. The Balaban J connectivity index is 1.73. The van der Waals surface area contributed by atoms with E-state index in [0.717, 1.165) is 30.6 Å². The van der Waals surface area contributed by atoms with Crippen molar-refractivity contribution >= 4 is 33.4 Å². The summed E-state index contributed by atoms with van der Waals surface area (Å²) in [5.74, 6) is -0.197. The molecular weight excluding hydrogens is 404 g/mol. The first kappa shape index (κ1) is 21.9. The molecule has 1 N–H and O–H groups in total. The number of anilines is 1. The molecule has 0 bridgehead atoms. The zero-order valence-corrected chi connectivity index (χ0v) is 18.6. The smallest absolute Gasteiger partial charge is 0.256 e. The molecule has 2 aromatic rings. The molecule has 1 aliphatic rings. The Kier molecular flexibility index (Phi) is 7.38. The topological polar surface area (TPSA) is 66.5 Å². The first-order valence-electron chi connectivity index (χ1n) is 10.0. The fraction of sp³-hybridized carbons (Fsp3) is 0.409. The molecular formula is C22H28N2O3S2. The highest BCUT2D eigenvalue weighted by molar-refractivity contribution is 8.00. The Morgan fingerprint density at radius 3 is 2.21 bits per heavy atom. The zero-order valence-electron chi connectivity index (χ0n) is 16.9. The van der Waals surface area contributed by atoms with Gasteiger partial charge in [0.25, 0.3) is 5.91 Å². The van der Waals surface area contributed by atoms with Crippen LogP contribution >= 0.6 is 11.8 Å². The number of hydrogen-bond acceptors (Lipinski definition) is 4. The maximum atomic E-state index is 12.9. The Hall–Kier alpha value is -1.83. The first-order chi connectivity index (χ1) is 13.9. The standard InChI is InChI=1S/C22H28N2O3S2/c1-17(2)28-21-10-6-5-9-20(21)22(25)23-18-11-13-19(14-12-18)29(26,27)24-15-7-3-4-8-16-24/h5-6,9-14,17H,3-4,7-8,15-16H2,1-2H3,(H,23,25). The van der Waals surface area contributed by atoms with Crippen LogP contribution in [0.3, 0.4) is 0 Å². The molecule has 7 heteroatoms. The predicted molar refractivity (Wildman–Crippen MR) is 119 cm³/mol. The van der Waals surface area contributed by atoms with Gasteiger partial charge in [0.2, 0.25) is 10.0 Å². The molecule has 0 aromatic heterocycles. The van der Waals surface area contributed by atoms with Crippen molar-refractivity contribution < 1.29 is 13.2 Å². The van der Waals surface area contributed by atoms with E-state index in [4.69, 9.17) is 0 Å². The molecule has 0 atom stereocenters. The van der Waals surface area contributed by atoms with E-state index in [1.54, 1.807) is 46.4 Å². The van der Waals surface area contributed by atoms with Crippen molar-refractivity contribution in [3.05, 3.63) is 54.1 Å². The number of thioether (sulfide) groups is 1. The Labute approximate surface area is 177 Å². The number of amides is 1. The third kappa shape index (κ3) is 5.62. The van der Waals surface area contributed by atoms with Gasteiger partial charge in [-0.25, -0.2) is 8.42 Å². The van der Waals surface area contributed by atoms with Gasteiger partial charge in [-0.3, -0.25) is 4.79 Å². The molecule has 5 nitrogen and oxygen atoms in total. The molecule has 0 spiro atoms. The molecule has 29 heavy (non-hydrogen) atoms. The molecule has 156 valence electrons. The second kappa shape index (κ2) is 9.78. The fourth-order valence-corrected chi connectivity index (χ4v) is 5.82. The Bertz CT molecular complexity index is 933. The van der Waals surface area contributed by atoms with Crippen LogP contribution in [0.4, 0.5) is 5.69 Å². The van der Waals surface area contributed by atoms with Crippen molar-refractivity contribution in [1.82, 2.24) is 4.31 Å². The predicted octanol–water partition coefficient (Wildman–Crippen LogP) is 5.00. The normalized spacial score (nSPS) is 15.8. The summed E-state index contributed by atoms with van der Waals surface area (Å²) in [7, 11) is -3.49. The molecule has 1 saturated heterocycles. The highest BCUT2D eigenvalue weighted by Gasteiger charge is 2.25. The first-order valence-corrected chi connectivity index (χ1v) is 12.4. The summed E-state index contributed by atoms with van der Waals surface area (Å²) in [6.45, 7) is 5.32. The van der Waals surface area contributed by atoms with Gasteiger partial charge in [-0.15, -0.1) is 11.8 Å². The van der Waals surface area contributed by atoms with Crippen molar-refractivity contribution in [3.63, 3.8) is 0 Å². The van der Waals surface area contributed by atoms with E-state index in [9.17, 15) is 13.2 Å². The van der Waals surface area contributed by atoms with E-state index in [1.165, 1.54) is 0 Å². The van der Waals surface area contributed by atoms with Crippen LogP contribution in [-0.4, -0.2) is 37.0 Å². The maximum absolute atomic E-state index is 12.9. The Morgan fingerprint density at radius 1 is 0.966 bits per heavy atom. The number of carbonyl (C=O) groups is 1. The summed E-state index contributed by atoms with van der Waals surface area (Å²) in [6.07, 6.45) is 3.96. The third-order valence-electron chi connectivity index (χ3n) is 4.81. The van der Waals surface area contributed by atoms with Gasteiger partial charge in [-0.1, -0.05) is 38.8 Å². The summed E-state index contributed by atoms with van der Waals surface area (Å²) in [4.78, 5) is 13.9. The van der Waals surface area contributed by atoms with Gasteiger partial charge in [-0.05, 0) is 49.2 Å². The second-order valence-corrected chi connectivity index (χ2v) is 11.0. The summed E-state index contributed by atoms with van der Waals surface area (Å²) >= 11 is 1.64. The highest BCUT2D eigenvalue weighted by Crippen LogP contribution is 2.27. The fourth-order valence-electron chi connectivity index (χ4n) is 3.35. The van der Waals surface area contributed by atoms with Gasteiger partial charge in [0.05, 0.1) is 10.5 Å². The van der Waals surface area contributed by atoms with Crippen LogP contribution in [0, 0.1) is 0 Å². The van der Waals surface area contributed by atoms with Gasteiger partial charge in [-0.2, -0.15) is 4.31 Å². The van der Waals surface area contributed by atoms with Gasteiger partial charge in [0.1, 0.15) is 0 Å². The zero-order chi connectivity index (χ0) is 20.9. The number of carbonyl (C=O) groups excluding carboxylic acids is 1. The van der Waals surface area contributed by atoms with E-state index in [-0.39, 0.29) is 10.8 Å². The minimum atomic E-state index is -3.49. The molecule has 1 fully saturated rings. The third-order valence-corrected chi connectivity index (χ3v) is 7.80. The summed E-state index contributed by atoms with van der Waals surface area (Å²) in [5.41, 5.74) is 1.20. The van der Waals surface area contributed by atoms with E-state index < -0.39 is 10.0 Å². The van der Waals surface area contributed by atoms with Crippen LogP contribution in [0.2, 0.25) is 0 Å². The van der Waals surface area contributed by atoms with Crippen LogP contribution in [-0.2, 0) is 10.0 Å². The minimum Gasteiger partial charge on any atom is -0.322 e. The number of nitrogens with one attached hydrogen (secondary N) is 1. The lowest BCUT2D eigenvalue weighted by Gasteiger charge is -2.20. The molecule has 1 aliphatic heterocycles. The van der Waals surface area contributed by atoms with E-state index in [2.05, 4.69) is 19.2 Å². The molecule has 1 amide bonds. The molecule has 0 unspecified atom stereocenters. The molecule has 2 aromatic carbocycles. The molecule has 0 saturated carbocycles. The quantitative estimate of drug-likeness (QED) is 0.652. The van der Waals surface area contributed by atoms with Crippen molar-refractivity contribution in [1.29, 1.82) is 0 Å². The van der Waals surface area contributed by atoms with Crippen molar-refractivity contribution in [3.8, 4) is 0 Å². The lowest BCUT2D eigenvalue weighted by molar-refractivity contribution is 0.102. The average Bonchev–Trinajstić information content (AvgIpc) is 2.98. The van der Waals surface area contributed by atoms with E-state index in [0.29, 0.717) is 29.6 Å². The lowest BCUT2D eigenvalue weighted by Crippen LogP contribution is -2.31. The van der Waals surface area contributed by atoms with Gasteiger partial charge < -0.3 is 5.32 Å². The van der Waals surface area contributed by atoms with Crippen LogP contribution in [0.25, 0.3) is 0 Å². The van der Waals surface area contributed by atoms with E-state index in [1.807, 2.05) is 18.2 Å². The number of benzene rings is 2. The van der Waals surface area contributed by atoms with Gasteiger partial charge in [0, 0.05) is 28.9 Å². The molecule has 1 heterocycles. The van der Waals surface area contributed by atoms with Crippen LogP contribution < -0.4 is 5.32 Å². The molecule has 0 aliphatic carbocycles. The number of hydrogen-bond donors (Lipinski definition) is 1. The molecule has 3 rings (SSSR count). The number of rotatable bonds is 6. The van der Waals surface area contributed by atoms with Crippen LogP contribution in [0.1, 0.15) is 49.9 Å². The SMILES string of the molecule is CC(C)Sc1ccccc1C(=O)Nc1ccc(S(=O)(=O)N2CCCCCC2)cc1. The number of sulfonamides is 1. The van der Waals surface area contributed by atoms with E-state index >= 15 is 0 Å². The average molecular weight is 433 g/mol. The van der Waals surface area contributed by atoms with Gasteiger partial charge in [0.15, 0.2) is 0 Å². The highest BCUT2D eigenvalue weighted by atomic mass is 32.2. The summed E-state index contributed by atoms with van der Waals surface area (Å²) < 4.78 is 27.3. The minimum absolute atomic E-state index is 0.197. The van der Waals surface area contributed by atoms with Crippen molar-refractivity contribution in [2.24, 2.45) is 0 Å². The van der Waals surface area contributed by atoms with Gasteiger partial charge >= 0.3 is 0 Å². The molecule has 0 radical (unpaired) electrons. The van der Waals surface area contributed by atoms with Crippen LogP contribution in [0.5, 0.6) is 0 Å².